The molecule has 0 saturated carbocycles. The Labute approximate surface area is 113 Å². The molecule has 100 valence electrons. The van der Waals surface area contributed by atoms with E-state index in [0.29, 0.717) is 17.6 Å². The van der Waals surface area contributed by atoms with E-state index in [1.807, 2.05) is 0 Å². The molecule has 1 N–H and O–H groups in total. The lowest BCUT2D eigenvalue weighted by molar-refractivity contribution is 0.250. The van der Waals surface area contributed by atoms with Crippen LogP contribution in [0.4, 0.5) is 4.39 Å². The molecule has 1 saturated heterocycles. The lowest BCUT2D eigenvalue weighted by Crippen LogP contribution is -2.37. The van der Waals surface area contributed by atoms with Crippen molar-refractivity contribution in [1.82, 2.24) is 10.2 Å². The third kappa shape index (κ3) is 3.67. The number of likely N-dealkylation sites (N-methyl/N-ethyl adjacent to an activating group) is 1. The van der Waals surface area contributed by atoms with E-state index in [9.17, 15) is 4.39 Å². The molecule has 4 heteroatoms. The van der Waals surface area contributed by atoms with Gasteiger partial charge in [0.2, 0.25) is 0 Å². The summed E-state index contributed by atoms with van der Waals surface area (Å²) < 4.78 is 13.7. The Hall–Kier alpha value is -0.640. The van der Waals surface area contributed by atoms with Gasteiger partial charge >= 0.3 is 0 Å². The first-order chi connectivity index (χ1) is 8.69. The molecule has 1 atom stereocenters. The van der Waals surface area contributed by atoms with Gasteiger partial charge in [0.1, 0.15) is 5.82 Å². The largest absolute Gasteiger partial charge is 0.313 e. The molecule has 0 spiro atoms. The summed E-state index contributed by atoms with van der Waals surface area (Å²) in [5, 5.41) is 3.93. The molecule has 1 fully saturated rings. The maximum absolute atomic E-state index is 13.7. The van der Waals surface area contributed by atoms with Gasteiger partial charge in [-0.25, -0.2) is 4.39 Å². The Bertz CT molecular complexity index is 391. The smallest absolute Gasteiger partial charge is 0.129 e. The summed E-state index contributed by atoms with van der Waals surface area (Å²) in [5.41, 5.74) is 0.722. The predicted molar refractivity (Wildman–Crippen MR) is 73.4 cm³/mol. The van der Waals surface area contributed by atoms with E-state index in [4.69, 9.17) is 11.6 Å². The zero-order valence-corrected chi connectivity index (χ0v) is 11.5. The van der Waals surface area contributed by atoms with Crippen LogP contribution < -0.4 is 5.32 Å². The molecule has 1 aromatic rings. The first-order valence-corrected chi connectivity index (χ1v) is 6.96. The van der Waals surface area contributed by atoms with Crippen molar-refractivity contribution in [2.45, 2.75) is 32.4 Å². The van der Waals surface area contributed by atoms with Gasteiger partial charge < -0.3 is 5.32 Å². The van der Waals surface area contributed by atoms with Crippen LogP contribution in [0.1, 0.15) is 25.3 Å². The van der Waals surface area contributed by atoms with E-state index in [-0.39, 0.29) is 5.82 Å². The molecule has 0 aliphatic carbocycles. The maximum Gasteiger partial charge on any atom is 0.129 e. The highest BCUT2D eigenvalue weighted by Gasteiger charge is 2.17. The quantitative estimate of drug-likeness (QED) is 0.885. The van der Waals surface area contributed by atoms with Crippen LogP contribution in [0.5, 0.6) is 0 Å². The van der Waals surface area contributed by atoms with Gasteiger partial charge in [-0.1, -0.05) is 24.6 Å². The Morgan fingerprint density at radius 1 is 1.50 bits per heavy atom. The zero-order chi connectivity index (χ0) is 13.0. The summed E-state index contributed by atoms with van der Waals surface area (Å²) in [4.78, 5) is 2.27. The van der Waals surface area contributed by atoms with Crippen molar-refractivity contribution < 1.29 is 4.39 Å². The minimum absolute atomic E-state index is 0.208. The summed E-state index contributed by atoms with van der Waals surface area (Å²) >= 11 is 5.76. The molecule has 18 heavy (non-hydrogen) atoms. The van der Waals surface area contributed by atoms with Crippen molar-refractivity contribution in [3.63, 3.8) is 0 Å². The molecule has 1 aliphatic rings. The fraction of sp³-hybridized carbons (Fsp3) is 0.571. The topological polar surface area (TPSA) is 15.3 Å². The van der Waals surface area contributed by atoms with Crippen molar-refractivity contribution >= 4 is 11.6 Å². The Morgan fingerprint density at radius 3 is 2.94 bits per heavy atom. The Balaban J connectivity index is 1.96. The maximum atomic E-state index is 13.7. The fourth-order valence-corrected chi connectivity index (χ4v) is 2.58. The van der Waals surface area contributed by atoms with Gasteiger partial charge in [-0.2, -0.15) is 0 Å². The first-order valence-electron chi connectivity index (χ1n) is 6.58. The second-order valence-corrected chi connectivity index (χ2v) is 5.29. The third-order valence-electron chi connectivity index (χ3n) is 3.50. The standard InChI is InChI=1S/C14H20ClFN2/c1-2-18(10-13-4-3-7-17-13)9-11-5-6-12(15)8-14(11)16/h5-6,8,13,17H,2-4,7,9-10H2,1H3. The highest BCUT2D eigenvalue weighted by atomic mass is 35.5. The lowest BCUT2D eigenvalue weighted by atomic mass is 10.1. The molecule has 1 unspecified atom stereocenters. The summed E-state index contributed by atoms with van der Waals surface area (Å²) in [6.07, 6.45) is 2.47. The van der Waals surface area contributed by atoms with Crippen LogP contribution >= 0.6 is 11.6 Å². The van der Waals surface area contributed by atoms with Gasteiger partial charge in [0.05, 0.1) is 0 Å². The normalized spacial score (nSPS) is 19.7. The van der Waals surface area contributed by atoms with Crippen molar-refractivity contribution in [1.29, 1.82) is 0 Å². The van der Waals surface area contributed by atoms with Crippen LogP contribution in [0.25, 0.3) is 0 Å². The van der Waals surface area contributed by atoms with Gasteiger partial charge in [0.25, 0.3) is 0 Å². The molecule has 1 heterocycles. The van der Waals surface area contributed by atoms with Crippen molar-refractivity contribution in [2.75, 3.05) is 19.6 Å². The van der Waals surface area contributed by atoms with Crippen LogP contribution in [0.15, 0.2) is 18.2 Å². The number of hydrogen-bond donors (Lipinski definition) is 1. The average Bonchev–Trinajstić information content (AvgIpc) is 2.84. The molecule has 2 nitrogen and oxygen atoms in total. The van der Waals surface area contributed by atoms with Gasteiger partial charge in [0.15, 0.2) is 0 Å². The number of nitrogens with zero attached hydrogens (tertiary/aromatic N) is 1. The van der Waals surface area contributed by atoms with E-state index in [1.54, 1.807) is 12.1 Å². The minimum atomic E-state index is -0.208. The van der Waals surface area contributed by atoms with Gasteiger partial charge in [-0.15, -0.1) is 0 Å². The fourth-order valence-electron chi connectivity index (χ4n) is 2.42. The van der Waals surface area contributed by atoms with Gasteiger partial charge in [0, 0.05) is 29.7 Å². The van der Waals surface area contributed by atoms with Crippen molar-refractivity contribution in [3.05, 3.63) is 34.6 Å². The number of nitrogens with one attached hydrogen (secondary N) is 1. The van der Waals surface area contributed by atoms with Crippen LogP contribution in [-0.4, -0.2) is 30.6 Å². The van der Waals surface area contributed by atoms with Gasteiger partial charge in [-0.3, -0.25) is 4.90 Å². The molecule has 1 aliphatic heterocycles. The number of hydrogen-bond acceptors (Lipinski definition) is 2. The van der Waals surface area contributed by atoms with E-state index in [0.717, 1.165) is 25.2 Å². The molecule has 0 aromatic heterocycles. The van der Waals surface area contributed by atoms with Crippen LogP contribution in [0.3, 0.4) is 0 Å². The van der Waals surface area contributed by atoms with Crippen LogP contribution in [0, 0.1) is 5.82 Å². The first kappa shape index (κ1) is 13.8. The molecule has 0 amide bonds. The molecule has 1 aromatic carbocycles. The summed E-state index contributed by atoms with van der Waals surface area (Å²) in [6, 6.07) is 5.48. The molecule has 0 radical (unpaired) electrons. The van der Waals surface area contributed by atoms with E-state index in [1.165, 1.54) is 18.9 Å². The molecular formula is C14H20ClFN2. The zero-order valence-electron chi connectivity index (χ0n) is 10.8. The highest BCUT2D eigenvalue weighted by Crippen LogP contribution is 2.17. The summed E-state index contributed by atoms with van der Waals surface area (Å²) in [7, 11) is 0. The van der Waals surface area contributed by atoms with Crippen LogP contribution in [0.2, 0.25) is 5.02 Å². The third-order valence-corrected chi connectivity index (χ3v) is 3.73. The Morgan fingerprint density at radius 2 is 2.33 bits per heavy atom. The second-order valence-electron chi connectivity index (χ2n) is 4.86. The number of benzene rings is 1. The summed E-state index contributed by atoms with van der Waals surface area (Å²) in [6.45, 7) is 5.79. The second kappa shape index (κ2) is 6.50. The van der Waals surface area contributed by atoms with E-state index >= 15 is 0 Å². The molecule has 2 rings (SSSR count). The van der Waals surface area contributed by atoms with Crippen molar-refractivity contribution in [3.8, 4) is 0 Å². The average molecular weight is 271 g/mol. The lowest BCUT2D eigenvalue weighted by Gasteiger charge is -2.24. The predicted octanol–water partition coefficient (Wildman–Crippen LogP) is 3.05. The molecular weight excluding hydrogens is 251 g/mol. The SMILES string of the molecule is CCN(Cc1ccc(Cl)cc1F)CC1CCCN1. The number of rotatable bonds is 5. The highest BCUT2D eigenvalue weighted by molar-refractivity contribution is 6.30. The van der Waals surface area contributed by atoms with E-state index < -0.39 is 0 Å². The monoisotopic (exact) mass is 270 g/mol. The number of halogens is 2. The van der Waals surface area contributed by atoms with Gasteiger partial charge in [-0.05, 0) is 38.1 Å². The Kier molecular flexibility index (Phi) is 4.98. The van der Waals surface area contributed by atoms with E-state index in [2.05, 4.69) is 17.1 Å². The van der Waals surface area contributed by atoms with Crippen molar-refractivity contribution in [2.24, 2.45) is 0 Å². The minimum Gasteiger partial charge on any atom is -0.313 e. The van der Waals surface area contributed by atoms with Crippen LogP contribution in [-0.2, 0) is 6.54 Å². The summed E-state index contributed by atoms with van der Waals surface area (Å²) in [5.74, 6) is -0.208. The molecule has 0 bridgehead atoms.